The molecule has 25 heavy (non-hydrogen) atoms. The van der Waals surface area contributed by atoms with Crippen molar-refractivity contribution in [3.63, 3.8) is 0 Å². The highest BCUT2D eigenvalue weighted by atomic mass is 32.2. The second-order valence-corrected chi connectivity index (χ2v) is 7.68. The van der Waals surface area contributed by atoms with Crippen molar-refractivity contribution in [1.82, 2.24) is 0 Å². The lowest BCUT2D eigenvalue weighted by molar-refractivity contribution is 0.609. The molecular weight excluding hydrogens is 350 g/mol. The van der Waals surface area contributed by atoms with Crippen LogP contribution in [0.15, 0.2) is 77.5 Å². The van der Waals surface area contributed by atoms with E-state index in [2.05, 4.69) is 16.6 Å². The van der Waals surface area contributed by atoms with E-state index in [-0.39, 0.29) is 0 Å². The lowest BCUT2D eigenvalue weighted by Gasteiger charge is -2.04. The van der Waals surface area contributed by atoms with Gasteiger partial charge in [0.15, 0.2) is 0 Å². The number of anilines is 1. The summed E-state index contributed by atoms with van der Waals surface area (Å²) in [5.41, 5.74) is 2.06. The number of rotatable bonds is 4. The molecule has 1 aromatic heterocycles. The molecule has 1 heterocycles. The summed E-state index contributed by atoms with van der Waals surface area (Å²) in [6.07, 6.45) is 1.56. The van der Waals surface area contributed by atoms with Crippen LogP contribution >= 0.6 is 11.3 Å². The molecule has 0 saturated heterocycles. The average molecular weight is 365 g/mol. The van der Waals surface area contributed by atoms with E-state index in [0.717, 1.165) is 21.4 Å². The topological polar surface area (TPSA) is 46.2 Å². The van der Waals surface area contributed by atoms with Crippen molar-refractivity contribution < 1.29 is 8.42 Å². The first-order valence-electron chi connectivity index (χ1n) is 7.52. The third kappa shape index (κ3) is 5.35. The molecule has 0 spiro atoms. The molecule has 0 aliphatic rings. The van der Waals surface area contributed by atoms with Gasteiger partial charge in [0.05, 0.1) is 16.0 Å². The van der Waals surface area contributed by atoms with Gasteiger partial charge in [-0.05, 0) is 41.3 Å². The quantitative estimate of drug-likeness (QED) is 0.689. The number of benzene rings is 2. The van der Waals surface area contributed by atoms with Gasteiger partial charge in [-0.25, -0.2) is 8.42 Å². The van der Waals surface area contributed by atoms with Gasteiger partial charge in [-0.3, -0.25) is 4.72 Å². The second-order valence-electron chi connectivity index (χ2n) is 5.17. The maximum absolute atomic E-state index is 12.2. The Hall–Kier alpha value is -2.81. The fraction of sp³-hybridized carbons (Fsp3) is 0. The van der Waals surface area contributed by atoms with Crippen LogP contribution in [0.25, 0.3) is 6.08 Å². The molecule has 0 saturated carbocycles. The Kier molecular flexibility index (Phi) is 5.34. The average Bonchev–Trinajstić information content (AvgIpc) is 3.13. The molecule has 0 atom stereocenters. The van der Waals surface area contributed by atoms with Crippen molar-refractivity contribution in [2.45, 2.75) is 0 Å². The van der Waals surface area contributed by atoms with Crippen LogP contribution in [0.2, 0.25) is 0 Å². The van der Waals surface area contributed by atoms with Crippen molar-refractivity contribution in [3.05, 3.63) is 93.5 Å². The smallest absolute Gasteiger partial charge is 0.255 e. The SMILES string of the molecule is O=S(=O)(/C=C/c1ccccc1)Nc1cccc(C#Cc2cccs2)c1. The van der Waals surface area contributed by atoms with Crippen LogP contribution in [-0.2, 0) is 10.0 Å². The first-order chi connectivity index (χ1) is 12.1. The highest BCUT2D eigenvalue weighted by Gasteiger charge is 2.05. The van der Waals surface area contributed by atoms with Crippen molar-refractivity contribution >= 4 is 33.1 Å². The van der Waals surface area contributed by atoms with E-state index in [4.69, 9.17) is 0 Å². The third-order valence-corrected chi connectivity index (χ3v) is 5.01. The number of hydrogen-bond donors (Lipinski definition) is 1. The second kappa shape index (κ2) is 7.84. The zero-order valence-electron chi connectivity index (χ0n) is 13.2. The van der Waals surface area contributed by atoms with Gasteiger partial charge in [0.1, 0.15) is 0 Å². The molecule has 0 aliphatic carbocycles. The zero-order chi connectivity index (χ0) is 17.5. The highest BCUT2D eigenvalue weighted by Crippen LogP contribution is 2.14. The lowest BCUT2D eigenvalue weighted by Crippen LogP contribution is -2.08. The standard InChI is InChI=1S/C20H15NO2S2/c22-25(23,15-13-17-6-2-1-3-7-17)21-19-9-4-8-18(16-19)11-12-20-10-5-14-24-20/h1-10,13-16,21H/b15-13+. The monoisotopic (exact) mass is 365 g/mol. The highest BCUT2D eigenvalue weighted by molar-refractivity contribution is 7.95. The molecule has 3 rings (SSSR count). The molecular formula is C20H15NO2S2. The molecule has 2 aromatic carbocycles. The number of hydrogen-bond acceptors (Lipinski definition) is 3. The molecule has 3 nitrogen and oxygen atoms in total. The fourth-order valence-electron chi connectivity index (χ4n) is 2.07. The van der Waals surface area contributed by atoms with E-state index in [1.54, 1.807) is 35.6 Å². The van der Waals surface area contributed by atoms with Crippen LogP contribution < -0.4 is 4.72 Å². The summed E-state index contributed by atoms with van der Waals surface area (Å²) in [5, 5.41) is 3.12. The first kappa shape index (κ1) is 17.0. The Bertz CT molecular complexity index is 1030. The molecule has 3 aromatic rings. The predicted molar refractivity (Wildman–Crippen MR) is 105 cm³/mol. The minimum atomic E-state index is -3.58. The molecule has 0 aliphatic heterocycles. The lowest BCUT2D eigenvalue weighted by atomic mass is 10.2. The van der Waals surface area contributed by atoms with Gasteiger partial charge in [-0.2, -0.15) is 0 Å². The van der Waals surface area contributed by atoms with Crippen LogP contribution in [0, 0.1) is 11.8 Å². The van der Waals surface area contributed by atoms with Crippen LogP contribution in [0.4, 0.5) is 5.69 Å². The maximum Gasteiger partial charge on any atom is 0.255 e. The van der Waals surface area contributed by atoms with Crippen molar-refractivity contribution in [2.24, 2.45) is 0 Å². The van der Waals surface area contributed by atoms with E-state index in [1.165, 1.54) is 0 Å². The molecule has 124 valence electrons. The Morgan fingerprint density at radius 1 is 0.920 bits per heavy atom. The molecule has 0 unspecified atom stereocenters. The van der Waals surface area contributed by atoms with Gasteiger partial charge in [0, 0.05) is 5.56 Å². The summed E-state index contributed by atoms with van der Waals surface area (Å²) >= 11 is 1.57. The Morgan fingerprint density at radius 2 is 1.76 bits per heavy atom. The third-order valence-electron chi connectivity index (χ3n) is 3.21. The normalized spacial score (nSPS) is 11.0. The van der Waals surface area contributed by atoms with Gasteiger partial charge >= 0.3 is 0 Å². The Labute approximate surface area is 151 Å². The zero-order valence-corrected chi connectivity index (χ0v) is 14.8. The fourth-order valence-corrected chi connectivity index (χ4v) is 3.51. The maximum atomic E-state index is 12.2. The predicted octanol–water partition coefficient (Wildman–Crippen LogP) is 4.56. The van der Waals surface area contributed by atoms with Crippen LogP contribution in [0.3, 0.4) is 0 Å². The van der Waals surface area contributed by atoms with E-state index >= 15 is 0 Å². The minimum Gasteiger partial charge on any atom is -0.280 e. The Morgan fingerprint density at radius 3 is 2.52 bits per heavy atom. The summed E-state index contributed by atoms with van der Waals surface area (Å²) in [5.74, 6) is 6.09. The Balaban J connectivity index is 1.74. The summed E-state index contributed by atoms with van der Waals surface area (Å²) in [4.78, 5) is 0.969. The van der Waals surface area contributed by atoms with Gasteiger partial charge in [0.25, 0.3) is 10.0 Å². The summed E-state index contributed by atoms with van der Waals surface area (Å²) in [6.45, 7) is 0. The van der Waals surface area contributed by atoms with Gasteiger partial charge < -0.3 is 0 Å². The van der Waals surface area contributed by atoms with Gasteiger partial charge in [-0.1, -0.05) is 54.3 Å². The summed E-state index contributed by atoms with van der Waals surface area (Å²) in [7, 11) is -3.58. The molecule has 0 fully saturated rings. The van der Waals surface area contributed by atoms with E-state index in [1.807, 2.05) is 53.9 Å². The van der Waals surface area contributed by atoms with Gasteiger partial charge in [-0.15, -0.1) is 11.3 Å². The molecule has 0 amide bonds. The van der Waals surface area contributed by atoms with E-state index < -0.39 is 10.0 Å². The molecule has 0 bridgehead atoms. The number of nitrogens with one attached hydrogen (secondary N) is 1. The van der Waals surface area contributed by atoms with Crippen molar-refractivity contribution in [3.8, 4) is 11.8 Å². The van der Waals surface area contributed by atoms with E-state index in [0.29, 0.717) is 5.69 Å². The first-order valence-corrected chi connectivity index (χ1v) is 9.95. The van der Waals surface area contributed by atoms with Crippen LogP contribution in [0.1, 0.15) is 16.0 Å². The summed E-state index contributed by atoms with van der Waals surface area (Å²) in [6, 6.07) is 20.2. The van der Waals surface area contributed by atoms with E-state index in [9.17, 15) is 8.42 Å². The summed E-state index contributed by atoms with van der Waals surface area (Å²) < 4.78 is 26.9. The molecule has 0 radical (unpaired) electrons. The number of thiophene rings is 1. The van der Waals surface area contributed by atoms with Crippen molar-refractivity contribution in [1.29, 1.82) is 0 Å². The van der Waals surface area contributed by atoms with Crippen LogP contribution in [0.5, 0.6) is 0 Å². The molecule has 1 N–H and O–H groups in total. The largest absolute Gasteiger partial charge is 0.280 e. The van der Waals surface area contributed by atoms with Crippen molar-refractivity contribution in [2.75, 3.05) is 4.72 Å². The van der Waals surface area contributed by atoms with Crippen LogP contribution in [-0.4, -0.2) is 8.42 Å². The molecule has 5 heteroatoms. The minimum absolute atomic E-state index is 0.482. The van der Waals surface area contributed by atoms with Gasteiger partial charge in [0.2, 0.25) is 0 Å². The number of sulfonamides is 1.